The molecule has 0 aliphatic rings. The van der Waals surface area contributed by atoms with Crippen LogP contribution in [-0.2, 0) is 6.54 Å². The van der Waals surface area contributed by atoms with Gasteiger partial charge in [-0.1, -0.05) is 57.1 Å². The van der Waals surface area contributed by atoms with Crippen molar-refractivity contribution in [2.24, 2.45) is 10.2 Å². The molecule has 0 aliphatic carbocycles. The molecule has 0 aliphatic heterocycles. The van der Waals surface area contributed by atoms with Crippen molar-refractivity contribution in [3.05, 3.63) is 19.0 Å². The summed E-state index contributed by atoms with van der Waals surface area (Å²) in [6, 6.07) is 0. The first-order valence-corrected chi connectivity index (χ1v) is 11.4. The molecule has 0 saturated carbocycles. The van der Waals surface area contributed by atoms with Gasteiger partial charge >= 0.3 is 0 Å². The van der Waals surface area contributed by atoms with Crippen LogP contribution in [0.1, 0.15) is 38.5 Å². The summed E-state index contributed by atoms with van der Waals surface area (Å²) in [7, 11) is -1.31. The van der Waals surface area contributed by atoms with Gasteiger partial charge in [-0.3, -0.25) is 4.68 Å². The molecule has 118 valence electrons. The average Bonchev–Trinajstić information content (AvgIpc) is 2.90. The minimum atomic E-state index is -1.31. The predicted molar refractivity (Wildman–Crippen MR) is 90.6 cm³/mol. The molecule has 0 N–H and O–H groups in total. The third-order valence-corrected chi connectivity index (χ3v) is 5.13. The average molecular weight is 308 g/mol. The maximum atomic E-state index is 4.30. The summed E-state index contributed by atoms with van der Waals surface area (Å²) in [4.78, 5) is 0. The van der Waals surface area contributed by atoms with E-state index in [1.807, 2.05) is 4.68 Å². The van der Waals surface area contributed by atoms with Crippen LogP contribution < -0.4 is 5.32 Å². The van der Waals surface area contributed by atoms with Gasteiger partial charge in [-0.05, 0) is 12.8 Å². The molecule has 0 radical (unpaired) electrons. The molecule has 1 heterocycles. The fourth-order valence-electron chi connectivity index (χ4n) is 2.03. The Kier molecular flexibility index (Phi) is 8.11. The van der Waals surface area contributed by atoms with Crippen molar-refractivity contribution in [1.82, 2.24) is 15.0 Å². The highest BCUT2D eigenvalue weighted by Crippen LogP contribution is 2.07. The van der Waals surface area contributed by atoms with Crippen LogP contribution >= 0.6 is 0 Å². The Morgan fingerprint density at radius 3 is 2.43 bits per heavy atom. The molecule has 0 spiro atoms. The van der Waals surface area contributed by atoms with Crippen molar-refractivity contribution in [2.45, 2.75) is 64.7 Å². The van der Waals surface area contributed by atoms with Gasteiger partial charge in [-0.25, -0.2) is 0 Å². The lowest BCUT2D eigenvalue weighted by Crippen LogP contribution is -2.38. The molecule has 0 atom stereocenters. The second-order valence-corrected chi connectivity index (χ2v) is 11.4. The van der Waals surface area contributed by atoms with Crippen molar-refractivity contribution >= 4 is 13.4 Å². The predicted octanol–water partition coefficient (Wildman–Crippen LogP) is 3.76. The molecule has 1 aromatic rings. The highest BCUT2D eigenvalue weighted by atomic mass is 28.3. The Morgan fingerprint density at radius 1 is 1.14 bits per heavy atom. The maximum Gasteiger partial charge on any atom is 0.106 e. The number of aromatic nitrogens is 3. The second-order valence-electron chi connectivity index (χ2n) is 6.40. The van der Waals surface area contributed by atoms with Crippen LogP contribution in [0.3, 0.4) is 0 Å². The van der Waals surface area contributed by atoms with Gasteiger partial charge in [-0.2, -0.15) is 10.2 Å². The van der Waals surface area contributed by atoms with E-state index in [0.29, 0.717) is 0 Å². The molecular formula is C15H29N5Si. The van der Waals surface area contributed by atoms with E-state index in [1.165, 1.54) is 43.6 Å². The van der Waals surface area contributed by atoms with Crippen molar-refractivity contribution in [2.75, 3.05) is 6.54 Å². The highest BCUT2D eigenvalue weighted by molar-refractivity contribution is 6.88. The lowest BCUT2D eigenvalue weighted by Gasteiger charge is -2.09. The van der Waals surface area contributed by atoms with Gasteiger partial charge in [0.15, 0.2) is 0 Å². The first kappa shape index (κ1) is 17.7. The Bertz CT molecular complexity index is 434. The number of hydrogen-bond donors (Lipinski definition) is 0. The summed E-state index contributed by atoms with van der Waals surface area (Å²) in [6.07, 6.45) is 11.0. The molecule has 0 aromatic carbocycles. The van der Waals surface area contributed by atoms with Crippen LogP contribution in [0.15, 0.2) is 29.2 Å². The van der Waals surface area contributed by atoms with Crippen LogP contribution in [0.2, 0.25) is 19.6 Å². The zero-order chi connectivity index (χ0) is 15.6. The number of unbranched alkanes of at least 4 members (excludes halogenated alkanes) is 5. The zero-order valence-corrected chi connectivity index (χ0v) is 14.8. The van der Waals surface area contributed by atoms with Crippen molar-refractivity contribution in [3.63, 3.8) is 0 Å². The normalized spacial score (nSPS) is 12.1. The van der Waals surface area contributed by atoms with Crippen molar-refractivity contribution in [1.29, 1.82) is 0 Å². The first-order valence-electron chi connectivity index (χ1n) is 7.92. The van der Waals surface area contributed by atoms with E-state index in [0.717, 1.165) is 19.5 Å². The molecule has 0 unspecified atom stereocenters. The van der Waals surface area contributed by atoms with Crippen molar-refractivity contribution < 1.29 is 0 Å². The van der Waals surface area contributed by atoms with Gasteiger partial charge in [0.1, 0.15) is 8.07 Å². The number of nitrogens with zero attached hydrogens (tertiary/aromatic N) is 5. The van der Waals surface area contributed by atoms with Gasteiger partial charge in [0.25, 0.3) is 0 Å². The molecule has 6 heteroatoms. The molecule has 0 amide bonds. The molecule has 0 bridgehead atoms. The quantitative estimate of drug-likeness (QED) is 0.355. The summed E-state index contributed by atoms with van der Waals surface area (Å²) in [5.74, 6) is 0. The Labute approximate surface area is 129 Å². The van der Waals surface area contributed by atoms with Crippen LogP contribution in [0.5, 0.6) is 0 Å². The topological polar surface area (TPSA) is 55.4 Å². The summed E-state index contributed by atoms with van der Waals surface area (Å²) in [6.45, 7) is 12.2. The number of aryl methyl sites for hydroxylation is 1. The molecule has 5 nitrogen and oxygen atoms in total. The SMILES string of the molecule is C=CN=NCCCCCCCCn1cc([Si](C)(C)C)nn1. The maximum absolute atomic E-state index is 4.30. The molecule has 0 fully saturated rings. The van der Waals surface area contributed by atoms with Crippen LogP contribution in [0.4, 0.5) is 0 Å². The molecule has 1 rings (SSSR count). The van der Waals surface area contributed by atoms with Crippen molar-refractivity contribution in [3.8, 4) is 0 Å². The fourth-order valence-corrected chi connectivity index (χ4v) is 2.91. The fraction of sp³-hybridized carbons (Fsp3) is 0.733. The van der Waals surface area contributed by atoms with Gasteiger partial charge in [0.2, 0.25) is 0 Å². The Hall–Kier alpha value is -1.30. The Morgan fingerprint density at radius 2 is 1.81 bits per heavy atom. The number of azo groups is 1. The summed E-state index contributed by atoms with van der Waals surface area (Å²) >= 11 is 0. The zero-order valence-electron chi connectivity index (χ0n) is 13.8. The van der Waals surface area contributed by atoms with E-state index in [1.54, 1.807) is 0 Å². The standard InChI is InChI=1S/C15H29N5Si/c1-5-16-17-12-10-8-6-7-9-11-13-20-14-15(18-19-20)21(2,3)4/h5,14H,1,6-13H2,2-4H3. The minimum Gasteiger partial charge on any atom is -0.253 e. The van der Waals surface area contributed by atoms with E-state index in [4.69, 9.17) is 0 Å². The van der Waals surface area contributed by atoms with E-state index < -0.39 is 8.07 Å². The summed E-state index contributed by atoms with van der Waals surface area (Å²) in [5, 5.41) is 17.5. The van der Waals surface area contributed by atoms with E-state index in [2.05, 4.69) is 53.0 Å². The van der Waals surface area contributed by atoms with Gasteiger partial charge in [-0.15, -0.1) is 5.10 Å². The number of hydrogen-bond acceptors (Lipinski definition) is 4. The van der Waals surface area contributed by atoms with E-state index >= 15 is 0 Å². The van der Waals surface area contributed by atoms with Gasteiger partial charge < -0.3 is 0 Å². The molecular weight excluding hydrogens is 278 g/mol. The van der Waals surface area contributed by atoms with E-state index in [-0.39, 0.29) is 0 Å². The summed E-state index contributed by atoms with van der Waals surface area (Å²) in [5.41, 5.74) is 0. The van der Waals surface area contributed by atoms with Gasteiger partial charge in [0, 0.05) is 18.9 Å². The largest absolute Gasteiger partial charge is 0.253 e. The monoisotopic (exact) mass is 307 g/mol. The Balaban J connectivity index is 2.03. The molecule has 21 heavy (non-hydrogen) atoms. The van der Waals surface area contributed by atoms with Crippen LogP contribution in [0.25, 0.3) is 0 Å². The van der Waals surface area contributed by atoms with Crippen LogP contribution in [0, 0.1) is 0 Å². The molecule has 0 saturated heterocycles. The van der Waals surface area contributed by atoms with Gasteiger partial charge in [0.05, 0.1) is 11.9 Å². The number of rotatable bonds is 11. The highest BCUT2D eigenvalue weighted by Gasteiger charge is 2.20. The lowest BCUT2D eigenvalue weighted by molar-refractivity contribution is 0.514. The first-order chi connectivity index (χ1) is 10.0. The van der Waals surface area contributed by atoms with Crippen LogP contribution in [-0.4, -0.2) is 29.6 Å². The van der Waals surface area contributed by atoms with E-state index in [9.17, 15) is 0 Å². The smallest absolute Gasteiger partial charge is 0.106 e. The summed E-state index contributed by atoms with van der Waals surface area (Å²) < 4.78 is 2.00. The third kappa shape index (κ3) is 7.89. The lowest BCUT2D eigenvalue weighted by atomic mass is 10.1. The third-order valence-electron chi connectivity index (χ3n) is 3.37. The second kappa shape index (κ2) is 9.60. The molecule has 1 aromatic heterocycles. The minimum absolute atomic E-state index is 0.824.